The molecule has 2 saturated heterocycles. The predicted octanol–water partition coefficient (Wildman–Crippen LogP) is 2.75. The van der Waals surface area contributed by atoms with Crippen LogP contribution in [-0.2, 0) is 14.3 Å². The van der Waals surface area contributed by atoms with Gasteiger partial charge in [0, 0.05) is 30.2 Å². The van der Waals surface area contributed by atoms with Gasteiger partial charge in [0.05, 0.1) is 13.0 Å². The van der Waals surface area contributed by atoms with E-state index in [1.807, 2.05) is 0 Å². The third kappa shape index (κ3) is 4.43. The van der Waals surface area contributed by atoms with Crippen molar-refractivity contribution in [2.24, 2.45) is 5.92 Å². The number of carbonyl (C=O) groups is 3. The molecule has 2 fully saturated rings. The monoisotopic (exact) mass is 392 g/mol. The summed E-state index contributed by atoms with van der Waals surface area (Å²) in [4.78, 5) is 41.3. The minimum absolute atomic E-state index is 0.0429. The summed E-state index contributed by atoms with van der Waals surface area (Å²) < 4.78 is 4.88. The van der Waals surface area contributed by atoms with E-state index in [1.165, 1.54) is 7.11 Å². The fraction of sp³-hybridized carbons (Fsp3) is 0.550. The molecule has 2 heterocycles. The summed E-state index contributed by atoms with van der Waals surface area (Å²) in [5.74, 6) is -0.765. The van der Waals surface area contributed by atoms with Gasteiger partial charge in [-0.1, -0.05) is 11.6 Å². The second kappa shape index (κ2) is 8.74. The molecule has 2 unspecified atom stereocenters. The van der Waals surface area contributed by atoms with Crippen LogP contribution in [-0.4, -0.2) is 60.4 Å². The normalized spacial score (nSPS) is 23.0. The van der Waals surface area contributed by atoms with Crippen molar-refractivity contribution in [1.29, 1.82) is 0 Å². The van der Waals surface area contributed by atoms with Crippen molar-refractivity contribution in [3.63, 3.8) is 0 Å². The van der Waals surface area contributed by atoms with E-state index in [9.17, 15) is 14.4 Å². The molecule has 7 heteroatoms. The average Bonchev–Trinajstić information content (AvgIpc) is 2.72. The Labute approximate surface area is 164 Å². The summed E-state index contributed by atoms with van der Waals surface area (Å²) in [7, 11) is 1.35. The number of hydrogen-bond donors (Lipinski definition) is 0. The van der Waals surface area contributed by atoms with Crippen molar-refractivity contribution >= 4 is 29.4 Å². The number of nitrogens with zero attached hydrogens (tertiary/aromatic N) is 2. The number of esters is 1. The zero-order chi connectivity index (χ0) is 19.4. The highest BCUT2D eigenvalue weighted by atomic mass is 35.5. The van der Waals surface area contributed by atoms with Crippen LogP contribution in [0.2, 0.25) is 5.02 Å². The molecule has 1 aromatic rings. The van der Waals surface area contributed by atoms with Gasteiger partial charge in [-0.2, -0.15) is 0 Å². The quantitative estimate of drug-likeness (QED) is 0.742. The molecule has 2 aliphatic rings. The molecule has 2 atom stereocenters. The Hall–Kier alpha value is -2.08. The van der Waals surface area contributed by atoms with E-state index < -0.39 is 6.04 Å². The van der Waals surface area contributed by atoms with Gasteiger partial charge < -0.3 is 14.5 Å². The summed E-state index contributed by atoms with van der Waals surface area (Å²) >= 11 is 5.89. The molecule has 1 aromatic carbocycles. The Morgan fingerprint density at radius 3 is 2.48 bits per heavy atom. The van der Waals surface area contributed by atoms with E-state index in [4.69, 9.17) is 16.3 Å². The Kier molecular flexibility index (Phi) is 6.37. The van der Waals surface area contributed by atoms with E-state index in [1.54, 1.807) is 34.1 Å². The molecule has 0 radical (unpaired) electrons. The van der Waals surface area contributed by atoms with Gasteiger partial charge >= 0.3 is 5.97 Å². The lowest BCUT2D eigenvalue weighted by molar-refractivity contribution is -0.156. The number of amides is 2. The molecule has 3 rings (SSSR count). The standard InChI is InChI=1S/C20H25ClN2O4/c1-27-20(26)17-6-2-3-12-23(17)19(25)15-5-4-11-22(13-15)18(24)14-7-9-16(21)10-8-14/h7-10,15,17H,2-6,11-13H2,1H3. The highest BCUT2D eigenvalue weighted by Gasteiger charge is 2.38. The molecule has 0 bridgehead atoms. The minimum atomic E-state index is -0.501. The van der Waals surface area contributed by atoms with Gasteiger partial charge in [0.2, 0.25) is 5.91 Å². The number of likely N-dealkylation sites (tertiary alicyclic amines) is 2. The van der Waals surface area contributed by atoms with Crippen molar-refractivity contribution in [1.82, 2.24) is 9.80 Å². The van der Waals surface area contributed by atoms with E-state index in [-0.39, 0.29) is 23.7 Å². The second-order valence-corrected chi connectivity index (χ2v) is 7.60. The van der Waals surface area contributed by atoms with Crippen LogP contribution < -0.4 is 0 Å². The Morgan fingerprint density at radius 1 is 1.04 bits per heavy atom. The maximum absolute atomic E-state index is 13.1. The van der Waals surface area contributed by atoms with Gasteiger partial charge in [0.1, 0.15) is 6.04 Å². The molecule has 0 aliphatic carbocycles. The summed E-state index contributed by atoms with van der Waals surface area (Å²) in [5, 5.41) is 0.581. The zero-order valence-corrected chi connectivity index (χ0v) is 16.3. The molecule has 2 amide bonds. The first kappa shape index (κ1) is 19.7. The van der Waals surface area contributed by atoms with Crippen LogP contribution >= 0.6 is 11.6 Å². The Morgan fingerprint density at radius 2 is 1.78 bits per heavy atom. The SMILES string of the molecule is COC(=O)C1CCCCN1C(=O)C1CCCN(C(=O)c2ccc(Cl)cc2)C1. The van der Waals surface area contributed by atoms with Crippen LogP contribution in [0.25, 0.3) is 0 Å². The molecule has 2 aliphatic heterocycles. The molecule has 0 N–H and O–H groups in total. The summed E-state index contributed by atoms with van der Waals surface area (Å²) in [6, 6.07) is 6.28. The number of rotatable bonds is 3. The average molecular weight is 393 g/mol. The lowest BCUT2D eigenvalue weighted by Crippen LogP contribution is -2.53. The van der Waals surface area contributed by atoms with Crippen LogP contribution in [0.3, 0.4) is 0 Å². The van der Waals surface area contributed by atoms with E-state index >= 15 is 0 Å². The molecular weight excluding hydrogens is 368 g/mol. The van der Waals surface area contributed by atoms with Crippen LogP contribution in [0.5, 0.6) is 0 Å². The van der Waals surface area contributed by atoms with Gasteiger partial charge in [0.15, 0.2) is 0 Å². The third-order valence-electron chi connectivity index (χ3n) is 5.41. The second-order valence-electron chi connectivity index (χ2n) is 7.16. The number of piperidine rings is 2. The first-order chi connectivity index (χ1) is 13.0. The third-order valence-corrected chi connectivity index (χ3v) is 5.66. The van der Waals surface area contributed by atoms with Gasteiger partial charge in [0.25, 0.3) is 5.91 Å². The lowest BCUT2D eigenvalue weighted by atomic mass is 9.93. The molecule has 0 saturated carbocycles. The fourth-order valence-electron chi connectivity index (χ4n) is 3.95. The maximum Gasteiger partial charge on any atom is 0.328 e. The zero-order valence-electron chi connectivity index (χ0n) is 15.5. The van der Waals surface area contributed by atoms with Gasteiger partial charge in [-0.3, -0.25) is 9.59 Å². The predicted molar refractivity (Wildman–Crippen MR) is 101 cm³/mol. The first-order valence-corrected chi connectivity index (χ1v) is 9.82. The van der Waals surface area contributed by atoms with Crippen molar-refractivity contribution < 1.29 is 19.1 Å². The van der Waals surface area contributed by atoms with Crippen molar-refractivity contribution in [3.8, 4) is 0 Å². The van der Waals surface area contributed by atoms with E-state index in [0.29, 0.717) is 36.6 Å². The van der Waals surface area contributed by atoms with E-state index in [0.717, 1.165) is 25.7 Å². The minimum Gasteiger partial charge on any atom is -0.467 e. The van der Waals surface area contributed by atoms with Gasteiger partial charge in [-0.15, -0.1) is 0 Å². The first-order valence-electron chi connectivity index (χ1n) is 9.44. The van der Waals surface area contributed by atoms with Crippen molar-refractivity contribution in [2.75, 3.05) is 26.7 Å². The molecule has 6 nitrogen and oxygen atoms in total. The van der Waals surface area contributed by atoms with Gasteiger partial charge in [-0.25, -0.2) is 4.79 Å². The molecular formula is C20H25ClN2O4. The summed E-state index contributed by atoms with van der Waals surface area (Å²) in [6.45, 7) is 1.58. The van der Waals surface area contributed by atoms with Crippen LogP contribution in [0.1, 0.15) is 42.5 Å². The maximum atomic E-state index is 13.1. The number of methoxy groups -OCH3 is 1. The van der Waals surface area contributed by atoms with E-state index in [2.05, 4.69) is 0 Å². The van der Waals surface area contributed by atoms with Crippen molar-refractivity contribution in [2.45, 2.75) is 38.1 Å². The summed E-state index contributed by atoms with van der Waals surface area (Å²) in [5.41, 5.74) is 0.568. The molecule has 146 valence electrons. The number of benzene rings is 1. The molecule has 27 heavy (non-hydrogen) atoms. The van der Waals surface area contributed by atoms with Crippen LogP contribution in [0, 0.1) is 5.92 Å². The lowest BCUT2D eigenvalue weighted by Gasteiger charge is -2.39. The van der Waals surface area contributed by atoms with Crippen LogP contribution in [0.4, 0.5) is 0 Å². The molecule has 0 spiro atoms. The molecule has 0 aromatic heterocycles. The number of hydrogen-bond acceptors (Lipinski definition) is 4. The van der Waals surface area contributed by atoms with Gasteiger partial charge in [-0.05, 0) is 56.4 Å². The van der Waals surface area contributed by atoms with Crippen molar-refractivity contribution in [3.05, 3.63) is 34.9 Å². The largest absolute Gasteiger partial charge is 0.467 e. The summed E-state index contributed by atoms with van der Waals surface area (Å²) in [6.07, 6.45) is 3.94. The highest BCUT2D eigenvalue weighted by molar-refractivity contribution is 6.30. The number of ether oxygens (including phenoxy) is 1. The number of carbonyl (C=O) groups excluding carboxylic acids is 3. The fourth-order valence-corrected chi connectivity index (χ4v) is 4.08. The Balaban J connectivity index is 1.69. The number of halogens is 1. The topological polar surface area (TPSA) is 66.9 Å². The van der Waals surface area contributed by atoms with Crippen LogP contribution in [0.15, 0.2) is 24.3 Å². The highest BCUT2D eigenvalue weighted by Crippen LogP contribution is 2.26. The smallest absolute Gasteiger partial charge is 0.328 e. The Bertz CT molecular complexity index is 706.